The highest BCUT2D eigenvalue weighted by atomic mass is 35.5. The van der Waals surface area contributed by atoms with Crippen LogP contribution in [0.4, 0.5) is 32.4 Å². The zero-order valence-corrected chi connectivity index (χ0v) is 25.8. The fourth-order valence-electron chi connectivity index (χ4n) is 6.47. The van der Waals surface area contributed by atoms with Crippen LogP contribution in [0.15, 0.2) is 30.6 Å². The lowest BCUT2D eigenvalue weighted by atomic mass is 10.2. The van der Waals surface area contributed by atoms with E-state index in [2.05, 4.69) is 31.3 Å². The molecule has 19 heteroatoms. The van der Waals surface area contributed by atoms with Gasteiger partial charge in [0.1, 0.15) is 6.04 Å². The second kappa shape index (κ2) is 11.4. The molecule has 2 aromatic heterocycles. The summed E-state index contributed by atoms with van der Waals surface area (Å²) < 4.78 is 70.0. The summed E-state index contributed by atoms with van der Waals surface area (Å²) in [6.45, 7) is 1.83. The summed E-state index contributed by atoms with van der Waals surface area (Å²) in [5, 5.41) is 24.6. The number of hydrogen-bond acceptors (Lipinski definition) is 7. The minimum Gasteiger partial charge on any atom is -0.390 e. The number of rotatable bonds is 7. The number of hydrogen-bond donors (Lipinski definition) is 5. The van der Waals surface area contributed by atoms with Crippen molar-refractivity contribution in [1.82, 2.24) is 40.2 Å². The van der Waals surface area contributed by atoms with E-state index in [1.165, 1.54) is 25.2 Å². The van der Waals surface area contributed by atoms with E-state index in [0.717, 1.165) is 17.0 Å². The van der Waals surface area contributed by atoms with Crippen LogP contribution in [0.5, 0.6) is 0 Å². The van der Waals surface area contributed by atoms with Gasteiger partial charge in [-0.2, -0.15) is 18.3 Å². The van der Waals surface area contributed by atoms with Crippen molar-refractivity contribution in [2.45, 2.75) is 42.7 Å². The number of aliphatic hydroxyl groups excluding tert-OH is 1. The number of aromatic nitrogens is 4. The third-order valence-electron chi connectivity index (χ3n) is 9.32. The Morgan fingerprint density at radius 3 is 2.42 bits per heavy atom. The van der Waals surface area contributed by atoms with E-state index in [1.54, 1.807) is 4.90 Å². The summed E-state index contributed by atoms with van der Waals surface area (Å²) in [6, 6.07) is 1.94. The number of benzene rings is 1. The van der Waals surface area contributed by atoms with E-state index in [0.29, 0.717) is 30.9 Å². The van der Waals surface area contributed by atoms with Gasteiger partial charge in [-0.25, -0.2) is 18.6 Å². The van der Waals surface area contributed by atoms with Gasteiger partial charge in [-0.1, -0.05) is 11.6 Å². The maximum atomic E-state index is 13.7. The molecule has 256 valence electrons. The average Bonchev–Trinajstić information content (AvgIpc) is 3.46. The first kappa shape index (κ1) is 32.3. The van der Waals surface area contributed by atoms with Gasteiger partial charge < -0.3 is 35.8 Å². The van der Waals surface area contributed by atoms with Crippen molar-refractivity contribution < 1.29 is 41.4 Å². The minimum absolute atomic E-state index is 0.0282. The lowest BCUT2D eigenvalue weighted by Gasteiger charge is -2.24. The molecule has 48 heavy (non-hydrogen) atoms. The Morgan fingerprint density at radius 1 is 1.10 bits per heavy atom. The number of likely N-dealkylation sites (tertiary alicyclic amines) is 1. The predicted octanol–water partition coefficient (Wildman–Crippen LogP) is 2.49. The van der Waals surface area contributed by atoms with Crippen LogP contribution in [0.3, 0.4) is 0 Å². The van der Waals surface area contributed by atoms with Gasteiger partial charge in [-0.3, -0.25) is 14.3 Å². The van der Waals surface area contributed by atoms with Crippen molar-refractivity contribution in [3.63, 3.8) is 0 Å². The molecule has 4 amide bonds. The maximum absolute atomic E-state index is 13.7. The number of amides is 4. The number of anilines is 1. The molecule has 2 saturated carbocycles. The first-order chi connectivity index (χ1) is 22.6. The summed E-state index contributed by atoms with van der Waals surface area (Å²) in [4.78, 5) is 44.2. The first-order valence-electron chi connectivity index (χ1n) is 15.0. The van der Waals surface area contributed by atoms with Gasteiger partial charge in [0.05, 0.1) is 40.2 Å². The number of imidazole rings is 1. The lowest BCUT2D eigenvalue weighted by molar-refractivity contribution is -0.141. The van der Waals surface area contributed by atoms with Gasteiger partial charge in [0, 0.05) is 69.4 Å². The summed E-state index contributed by atoms with van der Waals surface area (Å²) in [7, 11) is 1.30. The van der Waals surface area contributed by atoms with Gasteiger partial charge >= 0.3 is 12.2 Å². The monoisotopic (exact) mass is 697 g/mol. The van der Waals surface area contributed by atoms with E-state index in [-0.39, 0.29) is 57.7 Å². The zero-order chi connectivity index (χ0) is 34.3. The quantitative estimate of drug-likeness (QED) is 0.238. The molecule has 4 heterocycles. The van der Waals surface area contributed by atoms with Crippen LogP contribution in [0, 0.1) is 11.8 Å². The standard InChI is InChI=1S/C29H29ClF5N9O4/c1-42-19(16-11-44(21-5-28(21,31)32)41-23(16)29(33,34)35)7-37-24(42)26(47)38-12-2-3-13(17(30)4-12)25(46)40-22-14-9-43(10-15(14)22)27(48)39-18-6-36-8-20(18)45/h2-4,7,11,14-15,18,20-22,36,45H,5-6,8-10H2,1H3,(H,38,47)(H,39,48)(H,40,46). The Balaban J connectivity index is 0.967. The molecule has 3 aromatic rings. The number of aliphatic hydroxyl groups is 1. The van der Waals surface area contributed by atoms with Crippen molar-refractivity contribution >= 4 is 35.1 Å². The summed E-state index contributed by atoms with van der Waals surface area (Å²) >= 11 is 6.38. The molecule has 2 aliphatic carbocycles. The Bertz CT molecular complexity index is 1800. The third-order valence-corrected chi connectivity index (χ3v) is 9.63. The van der Waals surface area contributed by atoms with E-state index in [4.69, 9.17) is 11.6 Å². The number of piperidine rings is 1. The number of alkyl halides is 5. The summed E-state index contributed by atoms with van der Waals surface area (Å²) in [5.74, 6) is -4.50. The number of fused-ring (bicyclic) bond motifs is 1. The van der Waals surface area contributed by atoms with Crippen molar-refractivity contribution in [1.29, 1.82) is 0 Å². The summed E-state index contributed by atoms with van der Waals surface area (Å²) in [6.07, 6.45) is -4.32. The fraction of sp³-hybridized carbons (Fsp3) is 0.483. The molecular weight excluding hydrogens is 669 g/mol. The van der Waals surface area contributed by atoms with E-state index < -0.39 is 53.7 Å². The molecule has 4 aliphatic rings. The van der Waals surface area contributed by atoms with Crippen molar-refractivity contribution in [3.8, 4) is 11.3 Å². The third kappa shape index (κ3) is 5.85. The normalized spacial score (nSPS) is 27.0. The second-order valence-electron chi connectivity index (χ2n) is 12.5. The lowest BCUT2D eigenvalue weighted by Crippen LogP contribution is -2.49. The molecule has 5 unspecified atom stereocenters. The Morgan fingerprint density at radius 2 is 1.81 bits per heavy atom. The Labute approximate surface area is 273 Å². The molecule has 4 fully saturated rings. The van der Waals surface area contributed by atoms with Crippen molar-refractivity contribution in [2.24, 2.45) is 18.9 Å². The molecule has 1 aromatic carbocycles. The van der Waals surface area contributed by atoms with Crippen LogP contribution in [0.2, 0.25) is 5.02 Å². The van der Waals surface area contributed by atoms with Crippen LogP contribution >= 0.6 is 11.6 Å². The number of carbonyl (C=O) groups is 3. The molecule has 2 aliphatic heterocycles. The first-order valence-corrected chi connectivity index (χ1v) is 15.4. The van der Waals surface area contributed by atoms with E-state index >= 15 is 0 Å². The van der Waals surface area contributed by atoms with Crippen molar-refractivity contribution in [3.05, 3.63) is 52.7 Å². The van der Waals surface area contributed by atoms with Crippen LogP contribution in [0.25, 0.3) is 11.3 Å². The van der Waals surface area contributed by atoms with Gasteiger partial charge in [0.25, 0.3) is 17.7 Å². The smallest absolute Gasteiger partial charge is 0.390 e. The van der Waals surface area contributed by atoms with Crippen LogP contribution in [-0.2, 0) is 13.2 Å². The molecule has 5 atom stereocenters. The number of urea groups is 1. The molecule has 5 N–H and O–H groups in total. The van der Waals surface area contributed by atoms with Crippen molar-refractivity contribution in [2.75, 3.05) is 31.5 Å². The average molecular weight is 698 g/mol. The largest absolute Gasteiger partial charge is 0.435 e. The molecule has 0 radical (unpaired) electrons. The number of nitrogens with one attached hydrogen (secondary N) is 4. The van der Waals surface area contributed by atoms with Gasteiger partial charge in [-0.15, -0.1) is 0 Å². The molecule has 13 nitrogen and oxygen atoms in total. The highest BCUT2D eigenvalue weighted by Gasteiger charge is 2.60. The molecule has 2 saturated heterocycles. The van der Waals surface area contributed by atoms with Crippen LogP contribution < -0.4 is 21.3 Å². The SMILES string of the molecule is Cn1c(-c2cn(C3CC3(F)F)nc2C(F)(F)F)cnc1C(=O)Nc1ccc(C(=O)NC2C3CN(C(=O)NC4CNCC4O)CC32)c(Cl)c1. The molecule has 0 spiro atoms. The molecule has 0 bridgehead atoms. The molecular formula is C29H29ClF5N9O4. The van der Waals surface area contributed by atoms with Crippen LogP contribution in [0.1, 0.15) is 39.1 Å². The zero-order valence-electron chi connectivity index (χ0n) is 25.1. The molecule has 7 rings (SSSR count). The van der Waals surface area contributed by atoms with E-state index in [9.17, 15) is 41.4 Å². The number of nitrogens with zero attached hydrogens (tertiary/aromatic N) is 5. The van der Waals surface area contributed by atoms with Gasteiger partial charge in [0.2, 0.25) is 0 Å². The highest BCUT2D eigenvalue weighted by Crippen LogP contribution is 2.53. The number of carbonyl (C=O) groups excluding carboxylic acids is 3. The van der Waals surface area contributed by atoms with Gasteiger partial charge in [-0.05, 0) is 18.2 Å². The second-order valence-corrected chi connectivity index (χ2v) is 12.9. The van der Waals surface area contributed by atoms with E-state index in [1.807, 2.05) is 0 Å². The Kier molecular flexibility index (Phi) is 7.67. The maximum Gasteiger partial charge on any atom is 0.435 e. The topological polar surface area (TPSA) is 158 Å². The highest BCUT2D eigenvalue weighted by molar-refractivity contribution is 6.34. The van der Waals surface area contributed by atoms with Gasteiger partial charge in [0.15, 0.2) is 11.5 Å². The summed E-state index contributed by atoms with van der Waals surface area (Å²) in [5.41, 5.74) is -1.72. The fourth-order valence-corrected chi connectivity index (χ4v) is 6.73. The predicted molar refractivity (Wildman–Crippen MR) is 158 cm³/mol. The number of halogens is 6. The minimum atomic E-state index is -4.95. The number of β-amino-alcohol motifs (C(OH)–C–C–N with tert-alkyl or cyclic N) is 1. The Hall–Kier alpha value is -4.29. The van der Waals surface area contributed by atoms with Crippen LogP contribution in [-0.4, -0.2) is 97.5 Å².